The lowest BCUT2D eigenvalue weighted by molar-refractivity contribution is 0.0599. The lowest BCUT2D eigenvalue weighted by Gasteiger charge is -2.30. The van der Waals surface area contributed by atoms with Gasteiger partial charge in [-0.25, -0.2) is 0 Å². The molecule has 0 aromatic heterocycles. The predicted molar refractivity (Wildman–Crippen MR) is 87.3 cm³/mol. The Labute approximate surface area is 129 Å². The Balaban J connectivity index is 2.09. The smallest absolute Gasteiger partial charge is 0.211 e. The number of allylic oxidation sites excluding steroid dienone is 2. The normalized spacial score (nSPS) is 17.9. The van der Waals surface area contributed by atoms with Crippen molar-refractivity contribution in [1.29, 1.82) is 0 Å². The van der Waals surface area contributed by atoms with Crippen LogP contribution in [0.1, 0.15) is 36.0 Å². The van der Waals surface area contributed by atoms with E-state index < -0.39 is 5.60 Å². The zero-order valence-electron chi connectivity index (χ0n) is 12.3. The first-order valence-electron chi connectivity index (χ1n) is 7.51. The average Bonchev–Trinajstić information content (AvgIpc) is 2.62. The van der Waals surface area contributed by atoms with E-state index in [2.05, 4.69) is 9.98 Å². The van der Waals surface area contributed by atoms with Crippen LogP contribution in [0.5, 0.6) is 0 Å². The zero-order chi connectivity index (χ0) is 15.4. The topological polar surface area (TPSA) is 62.0 Å². The van der Waals surface area contributed by atoms with Crippen molar-refractivity contribution in [2.75, 3.05) is 0 Å². The SMILES string of the molecule is O=C(c1ccccc1)C(O)(C1=CCCC=N1)C1=CCCC=N1. The summed E-state index contributed by atoms with van der Waals surface area (Å²) in [6.45, 7) is 0. The van der Waals surface area contributed by atoms with Crippen molar-refractivity contribution in [3.8, 4) is 0 Å². The molecular weight excluding hydrogens is 276 g/mol. The quantitative estimate of drug-likeness (QED) is 0.867. The number of aliphatic imine (C=N–C) groups is 2. The number of Topliss-reactive ketones (excluding diaryl/α,β-unsaturated/α-hetero) is 1. The molecule has 112 valence electrons. The van der Waals surface area contributed by atoms with Gasteiger partial charge in [-0.15, -0.1) is 0 Å². The van der Waals surface area contributed by atoms with Gasteiger partial charge in [0, 0.05) is 18.0 Å². The van der Waals surface area contributed by atoms with Gasteiger partial charge in [0.1, 0.15) is 0 Å². The third kappa shape index (κ3) is 2.57. The summed E-state index contributed by atoms with van der Waals surface area (Å²) < 4.78 is 0. The minimum atomic E-state index is -1.81. The summed E-state index contributed by atoms with van der Waals surface area (Å²) in [5, 5.41) is 11.3. The minimum absolute atomic E-state index is 0.373. The van der Waals surface area contributed by atoms with Crippen LogP contribution in [-0.4, -0.2) is 28.9 Å². The Kier molecular flexibility index (Phi) is 4.11. The van der Waals surface area contributed by atoms with E-state index in [1.807, 2.05) is 18.2 Å². The highest BCUT2D eigenvalue weighted by molar-refractivity contribution is 6.07. The van der Waals surface area contributed by atoms with Crippen LogP contribution in [0, 0.1) is 0 Å². The van der Waals surface area contributed by atoms with Crippen LogP contribution in [0.2, 0.25) is 0 Å². The van der Waals surface area contributed by atoms with Gasteiger partial charge >= 0.3 is 0 Å². The van der Waals surface area contributed by atoms with E-state index in [1.54, 1.807) is 36.7 Å². The standard InChI is InChI=1S/C18H18N2O2/c21-17(14-8-2-1-3-9-14)18(22,15-10-4-6-12-19-15)16-11-5-7-13-20-16/h1-3,8-13,22H,4-7H2. The van der Waals surface area contributed by atoms with E-state index in [9.17, 15) is 9.90 Å². The van der Waals surface area contributed by atoms with Crippen molar-refractivity contribution in [2.45, 2.75) is 31.3 Å². The van der Waals surface area contributed by atoms with E-state index >= 15 is 0 Å². The van der Waals surface area contributed by atoms with E-state index in [-0.39, 0.29) is 5.78 Å². The fourth-order valence-corrected chi connectivity index (χ4v) is 2.66. The summed E-state index contributed by atoms with van der Waals surface area (Å²) in [7, 11) is 0. The maximum absolute atomic E-state index is 13.0. The summed E-state index contributed by atoms with van der Waals surface area (Å²) in [5.41, 5.74) is -0.612. The number of hydrogen-bond acceptors (Lipinski definition) is 4. The third-order valence-corrected chi connectivity index (χ3v) is 3.83. The molecule has 0 fully saturated rings. The van der Waals surface area contributed by atoms with Gasteiger partial charge in [0.05, 0.1) is 11.4 Å². The number of ketones is 1. The Hall–Kier alpha value is -2.33. The number of aliphatic hydroxyl groups is 1. The summed E-state index contributed by atoms with van der Waals surface area (Å²) >= 11 is 0. The molecule has 0 unspecified atom stereocenters. The van der Waals surface area contributed by atoms with Gasteiger partial charge in [-0.2, -0.15) is 0 Å². The number of carbonyl (C=O) groups excluding carboxylic acids is 1. The van der Waals surface area contributed by atoms with Crippen LogP contribution < -0.4 is 0 Å². The maximum atomic E-state index is 13.0. The molecule has 4 heteroatoms. The van der Waals surface area contributed by atoms with Crippen LogP contribution >= 0.6 is 0 Å². The van der Waals surface area contributed by atoms with E-state index in [1.165, 1.54) is 0 Å². The van der Waals surface area contributed by atoms with Gasteiger partial charge < -0.3 is 5.11 Å². The first-order chi connectivity index (χ1) is 10.7. The van der Waals surface area contributed by atoms with E-state index in [4.69, 9.17) is 0 Å². The van der Waals surface area contributed by atoms with Crippen molar-refractivity contribution in [2.24, 2.45) is 9.98 Å². The van der Waals surface area contributed by atoms with Crippen LogP contribution in [-0.2, 0) is 0 Å². The molecule has 0 bridgehead atoms. The van der Waals surface area contributed by atoms with E-state index in [0.717, 1.165) is 25.7 Å². The van der Waals surface area contributed by atoms with Gasteiger partial charge in [0.15, 0.2) is 0 Å². The molecule has 1 N–H and O–H groups in total. The predicted octanol–water partition coefficient (Wildman–Crippen LogP) is 3.10. The van der Waals surface area contributed by atoms with Crippen molar-refractivity contribution in [1.82, 2.24) is 0 Å². The van der Waals surface area contributed by atoms with Gasteiger partial charge in [0.25, 0.3) is 0 Å². The Morgan fingerprint density at radius 1 is 0.909 bits per heavy atom. The molecular formula is C18H18N2O2. The Bertz CT molecular complexity index is 652. The van der Waals surface area contributed by atoms with E-state index in [0.29, 0.717) is 17.0 Å². The third-order valence-electron chi connectivity index (χ3n) is 3.83. The molecule has 4 nitrogen and oxygen atoms in total. The Morgan fingerprint density at radius 3 is 1.91 bits per heavy atom. The minimum Gasteiger partial charge on any atom is -0.371 e. The molecule has 0 amide bonds. The number of hydrogen-bond donors (Lipinski definition) is 1. The summed E-state index contributed by atoms with van der Waals surface area (Å²) in [6.07, 6.45) is 10.3. The second-order valence-electron chi connectivity index (χ2n) is 5.36. The summed E-state index contributed by atoms with van der Waals surface area (Å²) in [4.78, 5) is 21.5. The molecule has 22 heavy (non-hydrogen) atoms. The van der Waals surface area contributed by atoms with Crippen molar-refractivity contribution < 1.29 is 9.90 Å². The number of carbonyl (C=O) groups is 1. The van der Waals surface area contributed by atoms with Crippen LogP contribution in [0.4, 0.5) is 0 Å². The molecule has 0 radical (unpaired) electrons. The first-order valence-corrected chi connectivity index (χ1v) is 7.51. The van der Waals surface area contributed by atoms with Crippen molar-refractivity contribution in [3.05, 3.63) is 59.4 Å². The van der Waals surface area contributed by atoms with Crippen LogP contribution in [0.15, 0.2) is 63.9 Å². The molecule has 1 aromatic carbocycles. The number of benzene rings is 1. The highest BCUT2D eigenvalue weighted by Crippen LogP contribution is 2.34. The van der Waals surface area contributed by atoms with Crippen molar-refractivity contribution in [3.63, 3.8) is 0 Å². The fraction of sp³-hybridized carbons (Fsp3) is 0.278. The van der Waals surface area contributed by atoms with Crippen molar-refractivity contribution >= 4 is 18.2 Å². The van der Waals surface area contributed by atoms with Gasteiger partial charge in [-0.3, -0.25) is 14.8 Å². The largest absolute Gasteiger partial charge is 0.371 e. The average molecular weight is 294 g/mol. The van der Waals surface area contributed by atoms with Crippen LogP contribution in [0.3, 0.4) is 0 Å². The second kappa shape index (κ2) is 6.20. The first kappa shape index (κ1) is 14.6. The maximum Gasteiger partial charge on any atom is 0.211 e. The highest BCUT2D eigenvalue weighted by Gasteiger charge is 2.44. The second-order valence-corrected chi connectivity index (χ2v) is 5.36. The van der Waals surface area contributed by atoms with Gasteiger partial charge in [-0.05, 0) is 25.7 Å². The zero-order valence-corrected chi connectivity index (χ0v) is 12.3. The highest BCUT2D eigenvalue weighted by atomic mass is 16.3. The van der Waals surface area contributed by atoms with Gasteiger partial charge in [-0.1, -0.05) is 42.5 Å². The van der Waals surface area contributed by atoms with Crippen LogP contribution in [0.25, 0.3) is 0 Å². The molecule has 0 saturated carbocycles. The molecule has 0 spiro atoms. The monoisotopic (exact) mass is 294 g/mol. The Morgan fingerprint density at radius 2 is 1.45 bits per heavy atom. The molecule has 3 rings (SSSR count). The lowest BCUT2D eigenvalue weighted by atomic mass is 9.84. The molecule has 2 aliphatic rings. The molecule has 1 aromatic rings. The summed E-state index contributed by atoms with van der Waals surface area (Å²) in [6, 6.07) is 8.81. The molecule has 0 atom stereocenters. The molecule has 0 aliphatic carbocycles. The number of rotatable bonds is 4. The fourth-order valence-electron chi connectivity index (χ4n) is 2.66. The molecule has 2 aliphatic heterocycles. The number of nitrogens with zero attached hydrogens (tertiary/aromatic N) is 2. The summed E-state index contributed by atoms with van der Waals surface area (Å²) in [5.74, 6) is -0.385. The molecule has 0 saturated heterocycles. The lowest BCUT2D eigenvalue weighted by Crippen LogP contribution is -2.42. The van der Waals surface area contributed by atoms with Gasteiger partial charge in [0.2, 0.25) is 11.4 Å². The molecule has 2 heterocycles.